The monoisotopic (exact) mass is 282 g/mol. The highest BCUT2D eigenvalue weighted by Gasteiger charge is 2.20. The normalized spacial score (nSPS) is 12.2. The van der Waals surface area contributed by atoms with E-state index in [0.717, 1.165) is 22.6 Å². The standard InChI is InChI=1S/C20H14N2/c1-12-6-4-9-14-13-8-5-11-17-18(13)20(22-19(12)14)15-7-2-3-10-16(15)21-17/h2-11,21H,1H3. The lowest BCUT2D eigenvalue weighted by Gasteiger charge is -2.22. The van der Waals surface area contributed by atoms with E-state index in [1.165, 1.54) is 27.3 Å². The van der Waals surface area contributed by atoms with Crippen LogP contribution in [0.15, 0.2) is 60.7 Å². The molecule has 1 aliphatic heterocycles. The van der Waals surface area contributed by atoms with Crippen molar-refractivity contribution in [1.29, 1.82) is 0 Å². The van der Waals surface area contributed by atoms with Crippen LogP contribution < -0.4 is 5.32 Å². The lowest BCUT2D eigenvalue weighted by atomic mass is 9.94. The van der Waals surface area contributed by atoms with Crippen molar-refractivity contribution in [2.75, 3.05) is 5.32 Å². The van der Waals surface area contributed by atoms with Crippen molar-refractivity contribution in [3.05, 3.63) is 66.2 Å². The predicted molar refractivity (Wildman–Crippen MR) is 92.7 cm³/mol. The third-order valence-corrected chi connectivity index (χ3v) is 4.50. The Hall–Kier alpha value is -2.87. The van der Waals surface area contributed by atoms with Crippen molar-refractivity contribution in [3.8, 4) is 11.3 Å². The summed E-state index contributed by atoms with van der Waals surface area (Å²) in [6, 6.07) is 21.2. The van der Waals surface area contributed by atoms with Crippen LogP contribution in [-0.2, 0) is 0 Å². The van der Waals surface area contributed by atoms with Crippen molar-refractivity contribution in [2.24, 2.45) is 0 Å². The van der Waals surface area contributed by atoms with Crippen molar-refractivity contribution >= 4 is 33.1 Å². The molecule has 0 saturated heterocycles. The van der Waals surface area contributed by atoms with Gasteiger partial charge in [-0.2, -0.15) is 0 Å². The number of pyridine rings is 1. The molecule has 2 heterocycles. The van der Waals surface area contributed by atoms with Crippen LogP contribution in [0.2, 0.25) is 0 Å². The zero-order valence-electron chi connectivity index (χ0n) is 12.2. The van der Waals surface area contributed by atoms with Crippen LogP contribution in [0.1, 0.15) is 5.56 Å². The van der Waals surface area contributed by atoms with E-state index in [9.17, 15) is 0 Å². The van der Waals surface area contributed by atoms with Gasteiger partial charge in [0.1, 0.15) is 0 Å². The minimum Gasteiger partial charge on any atom is -0.354 e. The number of nitrogens with one attached hydrogen (secondary N) is 1. The number of hydrogen-bond acceptors (Lipinski definition) is 2. The number of aryl methyl sites for hydroxylation is 1. The first-order chi connectivity index (χ1) is 10.8. The Bertz CT molecular complexity index is 1060. The maximum Gasteiger partial charge on any atom is 0.0829 e. The molecule has 0 atom stereocenters. The van der Waals surface area contributed by atoms with Gasteiger partial charge in [-0.1, -0.05) is 48.5 Å². The molecule has 1 aliphatic rings. The fourth-order valence-electron chi connectivity index (χ4n) is 3.47. The lowest BCUT2D eigenvalue weighted by molar-refractivity contribution is 1.37. The fraction of sp³-hybridized carbons (Fsp3) is 0.0500. The van der Waals surface area contributed by atoms with Crippen LogP contribution in [-0.4, -0.2) is 4.98 Å². The molecular weight excluding hydrogens is 268 g/mol. The van der Waals surface area contributed by atoms with Gasteiger partial charge in [0.15, 0.2) is 0 Å². The summed E-state index contributed by atoms with van der Waals surface area (Å²) in [6.07, 6.45) is 0. The summed E-state index contributed by atoms with van der Waals surface area (Å²) >= 11 is 0. The van der Waals surface area contributed by atoms with Crippen molar-refractivity contribution < 1.29 is 0 Å². The van der Waals surface area contributed by atoms with E-state index in [1.54, 1.807) is 0 Å². The third kappa shape index (κ3) is 1.41. The van der Waals surface area contributed by atoms with Gasteiger partial charge in [0.2, 0.25) is 0 Å². The third-order valence-electron chi connectivity index (χ3n) is 4.50. The highest BCUT2D eigenvalue weighted by atomic mass is 14.9. The molecule has 0 fully saturated rings. The highest BCUT2D eigenvalue weighted by Crippen LogP contribution is 2.44. The molecule has 0 unspecified atom stereocenters. The Morgan fingerprint density at radius 1 is 0.773 bits per heavy atom. The van der Waals surface area contributed by atoms with Crippen molar-refractivity contribution in [3.63, 3.8) is 0 Å². The van der Waals surface area contributed by atoms with E-state index in [-0.39, 0.29) is 0 Å². The van der Waals surface area contributed by atoms with E-state index in [2.05, 4.69) is 72.9 Å². The molecule has 0 aliphatic carbocycles. The average molecular weight is 282 g/mol. The Morgan fingerprint density at radius 3 is 2.50 bits per heavy atom. The SMILES string of the molecule is Cc1cccc2c1nc1c3c(cccc32)Nc2ccccc2-1. The molecule has 0 bridgehead atoms. The van der Waals surface area contributed by atoms with E-state index < -0.39 is 0 Å². The van der Waals surface area contributed by atoms with Gasteiger partial charge in [0.25, 0.3) is 0 Å². The number of aromatic nitrogens is 1. The maximum absolute atomic E-state index is 5.03. The zero-order chi connectivity index (χ0) is 14.7. The summed E-state index contributed by atoms with van der Waals surface area (Å²) in [5.41, 5.74) is 6.85. The molecule has 2 nitrogen and oxygen atoms in total. The van der Waals surface area contributed by atoms with E-state index in [1.807, 2.05) is 0 Å². The first-order valence-corrected chi connectivity index (χ1v) is 7.51. The van der Waals surface area contributed by atoms with E-state index in [0.29, 0.717) is 0 Å². The molecule has 0 spiro atoms. The number of para-hydroxylation sites is 2. The van der Waals surface area contributed by atoms with Gasteiger partial charge >= 0.3 is 0 Å². The van der Waals surface area contributed by atoms with Gasteiger partial charge in [0.05, 0.1) is 11.2 Å². The number of anilines is 2. The number of nitrogens with zero attached hydrogens (tertiary/aromatic N) is 1. The quantitative estimate of drug-likeness (QED) is 0.383. The second kappa shape index (κ2) is 4.08. The van der Waals surface area contributed by atoms with Gasteiger partial charge in [-0.3, -0.25) is 0 Å². The fourth-order valence-corrected chi connectivity index (χ4v) is 3.47. The molecule has 5 rings (SSSR count). The minimum absolute atomic E-state index is 1.08. The average Bonchev–Trinajstić information content (AvgIpc) is 2.56. The van der Waals surface area contributed by atoms with Gasteiger partial charge < -0.3 is 5.32 Å². The summed E-state index contributed by atoms with van der Waals surface area (Å²) in [6.45, 7) is 2.13. The largest absolute Gasteiger partial charge is 0.354 e. The van der Waals surface area contributed by atoms with Crippen LogP contribution in [0.3, 0.4) is 0 Å². The van der Waals surface area contributed by atoms with Crippen LogP contribution in [0.5, 0.6) is 0 Å². The van der Waals surface area contributed by atoms with Crippen LogP contribution in [0, 0.1) is 6.92 Å². The van der Waals surface area contributed by atoms with Crippen LogP contribution >= 0.6 is 0 Å². The molecule has 0 amide bonds. The Labute approximate surface area is 128 Å². The molecular formula is C20H14N2. The Kier molecular flexibility index (Phi) is 2.18. The molecule has 1 aromatic heterocycles. The summed E-state index contributed by atoms with van der Waals surface area (Å²) in [7, 11) is 0. The zero-order valence-corrected chi connectivity index (χ0v) is 12.2. The number of benzene rings is 3. The van der Waals surface area contributed by atoms with Crippen molar-refractivity contribution in [2.45, 2.75) is 6.92 Å². The molecule has 2 heteroatoms. The van der Waals surface area contributed by atoms with Gasteiger partial charge in [-0.15, -0.1) is 0 Å². The van der Waals surface area contributed by atoms with Gasteiger partial charge in [-0.05, 0) is 30.0 Å². The molecule has 4 aromatic rings. The minimum atomic E-state index is 1.08. The summed E-state index contributed by atoms with van der Waals surface area (Å²) < 4.78 is 0. The summed E-state index contributed by atoms with van der Waals surface area (Å²) in [5.74, 6) is 0. The molecule has 0 radical (unpaired) electrons. The Morgan fingerprint density at radius 2 is 1.55 bits per heavy atom. The van der Waals surface area contributed by atoms with Gasteiger partial charge in [-0.25, -0.2) is 4.98 Å². The van der Waals surface area contributed by atoms with Gasteiger partial charge in [0, 0.05) is 27.7 Å². The highest BCUT2D eigenvalue weighted by molar-refractivity contribution is 6.18. The lowest BCUT2D eigenvalue weighted by Crippen LogP contribution is -2.03. The maximum atomic E-state index is 5.03. The van der Waals surface area contributed by atoms with Crippen molar-refractivity contribution in [1.82, 2.24) is 4.98 Å². The summed E-state index contributed by atoms with van der Waals surface area (Å²) in [5, 5.41) is 7.26. The molecule has 3 aromatic carbocycles. The van der Waals surface area contributed by atoms with E-state index >= 15 is 0 Å². The summed E-state index contributed by atoms with van der Waals surface area (Å²) in [4.78, 5) is 5.03. The molecule has 1 N–H and O–H groups in total. The number of fused-ring (bicyclic) bond motifs is 4. The first kappa shape index (κ1) is 11.8. The van der Waals surface area contributed by atoms with Crippen LogP contribution in [0.25, 0.3) is 32.9 Å². The smallest absolute Gasteiger partial charge is 0.0829 e. The predicted octanol–water partition coefficient (Wildman–Crippen LogP) is 5.42. The number of hydrogen-bond donors (Lipinski definition) is 1. The second-order valence-corrected chi connectivity index (χ2v) is 5.83. The molecule has 104 valence electrons. The van der Waals surface area contributed by atoms with Crippen LogP contribution in [0.4, 0.5) is 11.4 Å². The molecule has 22 heavy (non-hydrogen) atoms. The molecule has 0 saturated carbocycles. The van der Waals surface area contributed by atoms with E-state index in [4.69, 9.17) is 4.98 Å². The topological polar surface area (TPSA) is 24.9 Å². The Balaban J connectivity index is 2.07. The number of rotatable bonds is 0. The first-order valence-electron chi connectivity index (χ1n) is 7.51. The second-order valence-electron chi connectivity index (χ2n) is 5.83.